The van der Waals surface area contributed by atoms with Crippen LogP contribution in [0.3, 0.4) is 0 Å². The van der Waals surface area contributed by atoms with Gasteiger partial charge in [0.1, 0.15) is 6.04 Å². The summed E-state index contributed by atoms with van der Waals surface area (Å²) in [5.41, 5.74) is 0.959. The van der Waals surface area contributed by atoms with E-state index in [9.17, 15) is 13.2 Å². The molecule has 1 N–H and O–H groups in total. The molecule has 0 aliphatic carbocycles. The quantitative estimate of drug-likeness (QED) is 0.815. The van der Waals surface area contributed by atoms with Gasteiger partial charge in [0.25, 0.3) is 10.0 Å². The van der Waals surface area contributed by atoms with E-state index in [-0.39, 0.29) is 10.0 Å². The lowest BCUT2D eigenvalue weighted by Crippen LogP contribution is -2.38. The Hall–Kier alpha value is -1.47. The van der Waals surface area contributed by atoms with Gasteiger partial charge in [-0.05, 0) is 38.2 Å². The van der Waals surface area contributed by atoms with Crippen molar-refractivity contribution in [3.8, 4) is 0 Å². The van der Waals surface area contributed by atoms with Crippen LogP contribution < -0.4 is 5.32 Å². The van der Waals surface area contributed by atoms with Crippen LogP contribution in [0, 0.1) is 6.92 Å². The number of nitrogens with one attached hydrogen (secondary N) is 1. The SMILES string of the molecule is Cc1ccc(S(=O)(=O)N2C(=S)NC(=O)C2C)cc1. The number of amides is 1. The van der Waals surface area contributed by atoms with Crippen LogP contribution in [0.4, 0.5) is 0 Å². The van der Waals surface area contributed by atoms with Gasteiger partial charge < -0.3 is 5.32 Å². The van der Waals surface area contributed by atoms with E-state index in [1.165, 1.54) is 19.1 Å². The summed E-state index contributed by atoms with van der Waals surface area (Å²) < 4.78 is 25.7. The molecule has 1 heterocycles. The van der Waals surface area contributed by atoms with Crippen LogP contribution in [0.2, 0.25) is 0 Å². The van der Waals surface area contributed by atoms with Crippen molar-refractivity contribution in [3.05, 3.63) is 29.8 Å². The molecule has 1 saturated heterocycles. The van der Waals surface area contributed by atoms with Gasteiger partial charge in [0.2, 0.25) is 5.91 Å². The van der Waals surface area contributed by atoms with Crippen molar-refractivity contribution in [2.75, 3.05) is 0 Å². The molecule has 0 saturated carbocycles. The molecule has 0 bridgehead atoms. The molecule has 1 aromatic rings. The lowest BCUT2D eigenvalue weighted by molar-refractivity contribution is -0.120. The van der Waals surface area contributed by atoms with E-state index in [4.69, 9.17) is 12.2 Å². The van der Waals surface area contributed by atoms with Gasteiger partial charge in [0.05, 0.1) is 4.90 Å². The highest BCUT2D eigenvalue weighted by atomic mass is 32.2. The Labute approximate surface area is 111 Å². The molecule has 1 fully saturated rings. The molecule has 1 amide bonds. The van der Waals surface area contributed by atoms with E-state index in [1.807, 2.05) is 6.92 Å². The highest BCUT2D eigenvalue weighted by molar-refractivity contribution is 7.91. The molecule has 0 radical (unpaired) electrons. The van der Waals surface area contributed by atoms with Crippen LogP contribution in [0.1, 0.15) is 12.5 Å². The number of benzene rings is 1. The van der Waals surface area contributed by atoms with Crippen LogP contribution in [-0.2, 0) is 14.8 Å². The molecule has 1 aromatic carbocycles. The van der Waals surface area contributed by atoms with Crippen molar-refractivity contribution in [1.82, 2.24) is 9.62 Å². The molecular formula is C11H12N2O3S2. The molecule has 1 aliphatic heterocycles. The van der Waals surface area contributed by atoms with Gasteiger partial charge in [-0.15, -0.1) is 0 Å². The van der Waals surface area contributed by atoms with Crippen LogP contribution >= 0.6 is 12.2 Å². The minimum atomic E-state index is -3.78. The van der Waals surface area contributed by atoms with Crippen molar-refractivity contribution in [1.29, 1.82) is 0 Å². The van der Waals surface area contributed by atoms with Gasteiger partial charge in [-0.25, -0.2) is 12.7 Å². The number of hydrogen-bond acceptors (Lipinski definition) is 4. The van der Waals surface area contributed by atoms with Crippen molar-refractivity contribution in [3.63, 3.8) is 0 Å². The molecule has 0 aromatic heterocycles. The zero-order valence-electron chi connectivity index (χ0n) is 9.88. The maximum Gasteiger partial charge on any atom is 0.266 e. The predicted octanol–water partition coefficient (Wildman–Crippen LogP) is 0.789. The van der Waals surface area contributed by atoms with E-state index >= 15 is 0 Å². The summed E-state index contributed by atoms with van der Waals surface area (Å²) in [7, 11) is -3.78. The second kappa shape index (κ2) is 4.33. The Morgan fingerprint density at radius 2 is 1.83 bits per heavy atom. The van der Waals surface area contributed by atoms with Gasteiger partial charge in [0, 0.05) is 0 Å². The third kappa shape index (κ3) is 1.99. The van der Waals surface area contributed by atoms with Crippen LogP contribution in [0.25, 0.3) is 0 Å². The fourth-order valence-electron chi connectivity index (χ4n) is 1.69. The average molecular weight is 284 g/mol. The number of aryl methyl sites for hydroxylation is 1. The smallest absolute Gasteiger partial charge is 0.266 e. The molecule has 5 nitrogen and oxygen atoms in total. The summed E-state index contributed by atoms with van der Waals surface area (Å²) in [5.74, 6) is -0.407. The maximum atomic E-state index is 12.4. The van der Waals surface area contributed by atoms with Crippen molar-refractivity contribution >= 4 is 33.3 Å². The zero-order valence-corrected chi connectivity index (χ0v) is 11.5. The molecule has 1 aliphatic rings. The molecule has 1 atom stereocenters. The standard InChI is InChI=1S/C11H12N2O3S2/c1-7-3-5-9(6-4-7)18(15,16)13-8(2)10(14)12-11(13)17/h3-6,8H,1-2H3,(H,12,14,17). The first-order valence-electron chi connectivity index (χ1n) is 5.30. The van der Waals surface area contributed by atoms with Gasteiger partial charge in [-0.3, -0.25) is 4.79 Å². The number of hydrogen-bond donors (Lipinski definition) is 1. The van der Waals surface area contributed by atoms with Crippen LogP contribution in [0.5, 0.6) is 0 Å². The van der Waals surface area contributed by atoms with Gasteiger partial charge in [-0.2, -0.15) is 0 Å². The topological polar surface area (TPSA) is 66.5 Å². The van der Waals surface area contributed by atoms with E-state index < -0.39 is 22.0 Å². The van der Waals surface area contributed by atoms with Crippen LogP contribution in [-0.4, -0.2) is 29.8 Å². The Balaban J connectivity index is 2.46. The van der Waals surface area contributed by atoms with E-state index in [0.717, 1.165) is 9.87 Å². The Kier molecular flexibility index (Phi) is 3.12. The maximum absolute atomic E-state index is 12.4. The molecule has 1 unspecified atom stereocenters. The van der Waals surface area contributed by atoms with E-state index in [1.54, 1.807) is 12.1 Å². The summed E-state index contributed by atoms with van der Waals surface area (Å²) in [6.07, 6.45) is 0. The number of thiocarbonyl (C=S) groups is 1. The highest BCUT2D eigenvalue weighted by Gasteiger charge is 2.41. The summed E-state index contributed by atoms with van der Waals surface area (Å²) in [5, 5.41) is 2.27. The number of carbonyl (C=O) groups excluding carboxylic acids is 1. The second-order valence-electron chi connectivity index (χ2n) is 4.08. The normalized spacial score (nSPS) is 20.1. The second-order valence-corrected chi connectivity index (χ2v) is 6.29. The summed E-state index contributed by atoms with van der Waals surface area (Å²) in [4.78, 5) is 11.5. The van der Waals surface area contributed by atoms with Crippen molar-refractivity contribution < 1.29 is 13.2 Å². The monoisotopic (exact) mass is 284 g/mol. The predicted molar refractivity (Wildman–Crippen MR) is 70.4 cm³/mol. The molecular weight excluding hydrogens is 272 g/mol. The third-order valence-corrected chi connectivity index (χ3v) is 5.04. The Morgan fingerprint density at radius 3 is 2.28 bits per heavy atom. The average Bonchev–Trinajstić information content (AvgIpc) is 2.54. The van der Waals surface area contributed by atoms with Crippen molar-refractivity contribution in [2.24, 2.45) is 0 Å². The molecule has 7 heteroatoms. The number of nitrogens with zero attached hydrogens (tertiary/aromatic N) is 1. The summed E-state index contributed by atoms with van der Waals surface area (Å²) in [6, 6.07) is 5.59. The number of carbonyl (C=O) groups is 1. The minimum Gasteiger partial charge on any atom is -0.300 e. The Morgan fingerprint density at radius 1 is 1.28 bits per heavy atom. The molecule has 18 heavy (non-hydrogen) atoms. The fraction of sp³-hybridized carbons (Fsp3) is 0.273. The minimum absolute atomic E-state index is 0.0759. The van der Waals surface area contributed by atoms with Gasteiger partial charge in [-0.1, -0.05) is 17.7 Å². The van der Waals surface area contributed by atoms with Crippen LogP contribution in [0.15, 0.2) is 29.2 Å². The first-order valence-corrected chi connectivity index (χ1v) is 7.15. The van der Waals surface area contributed by atoms with E-state index in [2.05, 4.69) is 5.32 Å². The fourth-order valence-corrected chi connectivity index (χ4v) is 3.72. The molecule has 96 valence electrons. The lowest BCUT2D eigenvalue weighted by atomic mass is 10.2. The first-order chi connectivity index (χ1) is 8.34. The van der Waals surface area contributed by atoms with Gasteiger partial charge >= 0.3 is 0 Å². The summed E-state index contributed by atoms with van der Waals surface area (Å²) in [6.45, 7) is 3.37. The largest absolute Gasteiger partial charge is 0.300 e. The first kappa shape index (κ1) is 13.0. The van der Waals surface area contributed by atoms with Gasteiger partial charge in [0.15, 0.2) is 5.11 Å². The third-order valence-electron chi connectivity index (χ3n) is 2.74. The van der Waals surface area contributed by atoms with E-state index in [0.29, 0.717) is 0 Å². The summed E-state index contributed by atoms with van der Waals surface area (Å²) >= 11 is 4.88. The highest BCUT2D eigenvalue weighted by Crippen LogP contribution is 2.22. The lowest BCUT2D eigenvalue weighted by Gasteiger charge is -2.20. The number of sulfonamides is 1. The number of rotatable bonds is 2. The molecule has 0 spiro atoms. The zero-order chi connectivity index (χ0) is 13.5. The van der Waals surface area contributed by atoms with Crippen molar-refractivity contribution in [2.45, 2.75) is 24.8 Å². The Bertz CT molecular complexity index is 608. The molecule has 2 rings (SSSR count).